The summed E-state index contributed by atoms with van der Waals surface area (Å²) >= 11 is 3.32. The second-order valence-corrected chi connectivity index (χ2v) is 4.50. The van der Waals surface area contributed by atoms with Crippen LogP contribution in [-0.4, -0.2) is 21.1 Å². The molecule has 1 aliphatic rings. The highest BCUT2D eigenvalue weighted by Gasteiger charge is 2.47. The molecule has 14 heavy (non-hydrogen) atoms. The number of halogens is 1. The molecule has 1 aromatic heterocycles. The maximum absolute atomic E-state index is 12.0. The van der Waals surface area contributed by atoms with E-state index in [9.17, 15) is 4.79 Å². The molecule has 4 nitrogen and oxygen atoms in total. The van der Waals surface area contributed by atoms with Crippen molar-refractivity contribution in [2.45, 2.75) is 31.8 Å². The zero-order valence-corrected chi connectivity index (χ0v) is 9.54. The summed E-state index contributed by atoms with van der Waals surface area (Å²) in [6.45, 7) is 2.63. The highest BCUT2D eigenvalue weighted by molar-refractivity contribution is 9.10. The fraction of sp³-hybridized carbons (Fsp3) is 0.556. The van der Waals surface area contributed by atoms with E-state index in [1.54, 1.807) is 10.9 Å². The van der Waals surface area contributed by atoms with Gasteiger partial charge in [-0.3, -0.25) is 9.48 Å². The lowest BCUT2D eigenvalue weighted by Crippen LogP contribution is -2.34. The molecule has 1 aliphatic carbocycles. The third-order valence-corrected chi connectivity index (χ3v) is 3.13. The zero-order chi connectivity index (χ0) is 10.3. The minimum absolute atomic E-state index is 0.00345. The third-order valence-electron chi connectivity index (χ3n) is 2.55. The van der Waals surface area contributed by atoms with E-state index in [1.807, 2.05) is 6.92 Å². The number of nitrogens with two attached hydrogens (primary N) is 1. The number of Topliss-reactive ketones (excluding diaryl/α,β-unsaturated/α-hetero) is 1. The fourth-order valence-electron chi connectivity index (χ4n) is 1.43. The van der Waals surface area contributed by atoms with Crippen LogP contribution >= 0.6 is 15.9 Å². The van der Waals surface area contributed by atoms with Gasteiger partial charge in [0.2, 0.25) is 5.78 Å². The molecule has 0 aliphatic heterocycles. The van der Waals surface area contributed by atoms with Crippen molar-refractivity contribution < 1.29 is 4.79 Å². The summed E-state index contributed by atoms with van der Waals surface area (Å²) in [4.78, 5) is 12.0. The smallest absolute Gasteiger partial charge is 0.201 e. The van der Waals surface area contributed by atoms with Gasteiger partial charge in [0.05, 0.1) is 16.2 Å². The van der Waals surface area contributed by atoms with Gasteiger partial charge in [-0.1, -0.05) is 0 Å². The highest BCUT2D eigenvalue weighted by atomic mass is 79.9. The number of aryl methyl sites for hydroxylation is 1. The SMILES string of the molecule is CCn1ncc(Br)c1C(=O)C1(N)CC1. The van der Waals surface area contributed by atoms with Crippen molar-refractivity contribution in [1.82, 2.24) is 9.78 Å². The van der Waals surface area contributed by atoms with Crippen molar-refractivity contribution in [2.75, 3.05) is 0 Å². The predicted molar refractivity (Wildman–Crippen MR) is 56.1 cm³/mol. The summed E-state index contributed by atoms with van der Waals surface area (Å²) in [7, 11) is 0. The lowest BCUT2D eigenvalue weighted by atomic mass is 10.1. The maximum atomic E-state index is 12.0. The van der Waals surface area contributed by atoms with Crippen molar-refractivity contribution in [3.05, 3.63) is 16.4 Å². The van der Waals surface area contributed by atoms with E-state index in [-0.39, 0.29) is 5.78 Å². The fourth-order valence-corrected chi connectivity index (χ4v) is 1.90. The second-order valence-electron chi connectivity index (χ2n) is 3.64. The van der Waals surface area contributed by atoms with Crippen LogP contribution in [0.2, 0.25) is 0 Å². The molecule has 0 radical (unpaired) electrons. The topological polar surface area (TPSA) is 60.9 Å². The van der Waals surface area contributed by atoms with Crippen molar-refractivity contribution in [2.24, 2.45) is 5.73 Å². The molecule has 0 bridgehead atoms. The molecule has 0 atom stereocenters. The molecule has 1 saturated carbocycles. The van der Waals surface area contributed by atoms with Crippen LogP contribution in [-0.2, 0) is 6.54 Å². The van der Waals surface area contributed by atoms with Gasteiger partial charge >= 0.3 is 0 Å². The largest absolute Gasteiger partial charge is 0.319 e. The summed E-state index contributed by atoms with van der Waals surface area (Å²) in [6.07, 6.45) is 3.21. The Balaban J connectivity index is 2.39. The van der Waals surface area contributed by atoms with E-state index >= 15 is 0 Å². The van der Waals surface area contributed by atoms with Crippen LogP contribution in [0.3, 0.4) is 0 Å². The van der Waals surface area contributed by atoms with Crippen LogP contribution in [0.25, 0.3) is 0 Å². The molecule has 2 rings (SSSR count). The van der Waals surface area contributed by atoms with Gasteiger partial charge in [0.15, 0.2) is 0 Å². The van der Waals surface area contributed by atoms with E-state index in [4.69, 9.17) is 5.73 Å². The molecular formula is C9H12BrN3O. The summed E-state index contributed by atoms with van der Waals surface area (Å²) in [5, 5.41) is 4.09. The number of hydrogen-bond acceptors (Lipinski definition) is 3. The molecule has 1 aromatic rings. The number of aromatic nitrogens is 2. The predicted octanol–water partition coefficient (Wildman–Crippen LogP) is 1.34. The van der Waals surface area contributed by atoms with Crippen molar-refractivity contribution in [3.63, 3.8) is 0 Å². The maximum Gasteiger partial charge on any atom is 0.201 e. The van der Waals surface area contributed by atoms with Gasteiger partial charge in [0.25, 0.3) is 0 Å². The van der Waals surface area contributed by atoms with Gasteiger partial charge in [-0.25, -0.2) is 0 Å². The number of rotatable bonds is 3. The standard InChI is InChI=1S/C9H12BrN3O/c1-2-13-7(6(10)5-12-13)8(14)9(11)3-4-9/h5H,2-4,11H2,1H3. The summed E-state index contributed by atoms with van der Waals surface area (Å²) in [6, 6.07) is 0. The van der Waals surface area contributed by atoms with Gasteiger partial charge in [0.1, 0.15) is 5.69 Å². The summed E-state index contributed by atoms with van der Waals surface area (Å²) in [5.41, 5.74) is 5.85. The Bertz CT molecular complexity index is 381. The normalized spacial score (nSPS) is 18.2. The quantitative estimate of drug-likeness (QED) is 0.832. The molecule has 0 amide bonds. The van der Waals surface area contributed by atoms with Crippen LogP contribution in [0.4, 0.5) is 0 Å². The second kappa shape index (κ2) is 3.17. The molecule has 0 saturated heterocycles. The van der Waals surface area contributed by atoms with Crippen LogP contribution < -0.4 is 5.73 Å². The minimum atomic E-state index is -0.616. The Hall–Kier alpha value is -0.680. The lowest BCUT2D eigenvalue weighted by molar-refractivity contribution is 0.0937. The first-order valence-electron chi connectivity index (χ1n) is 4.63. The Kier molecular flexibility index (Phi) is 2.23. The first-order valence-corrected chi connectivity index (χ1v) is 5.43. The van der Waals surface area contributed by atoms with Gasteiger partial charge in [0, 0.05) is 6.54 Å². The number of carbonyl (C=O) groups is 1. The molecule has 1 fully saturated rings. The van der Waals surface area contributed by atoms with E-state index in [1.165, 1.54) is 0 Å². The molecule has 2 N–H and O–H groups in total. The molecule has 5 heteroatoms. The first-order chi connectivity index (χ1) is 6.58. The van der Waals surface area contributed by atoms with Crippen LogP contribution in [0.5, 0.6) is 0 Å². The zero-order valence-electron chi connectivity index (χ0n) is 7.96. The molecule has 0 unspecified atom stereocenters. The molecular weight excluding hydrogens is 246 g/mol. The van der Waals surface area contributed by atoms with Gasteiger partial charge in [-0.15, -0.1) is 0 Å². The Morgan fingerprint density at radius 3 is 2.93 bits per heavy atom. The Morgan fingerprint density at radius 2 is 2.43 bits per heavy atom. The monoisotopic (exact) mass is 257 g/mol. The van der Waals surface area contributed by atoms with Gasteiger partial charge < -0.3 is 5.73 Å². The molecule has 76 valence electrons. The van der Waals surface area contributed by atoms with Gasteiger partial charge in [-0.05, 0) is 35.7 Å². The van der Waals surface area contributed by atoms with Crippen LogP contribution in [0.1, 0.15) is 30.3 Å². The van der Waals surface area contributed by atoms with Crippen LogP contribution in [0.15, 0.2) is 10.7 Å². The van der Waals surface area contributed by atoms with Gasteiger partial charge in [-0.2, -0.15) is 5.10 Å². The van der Waals surface area contributed by atoms with Crippen molar-refractivity contribution >= 4 is 21.7 Å². The van der Waals surface area contributed by atoms with E-state index in [2.05, 4.69) is 21.0 Å². The first kappa shape index (κ1) is 9.86. The Morgan fingerprint density at radius 1 is 1.79 bits per heavy atom. The number of hydrogen-bond donors (Lipinski definition) is 1. The molecule has 0 aromatic carbocycles. The van der Waals surface area contributed by atoms with E-state index in [0.717, 1.165) is 17.3 Å². The molecule has 1 heterocycles. The number of nitrogens with zero attached hydrogens (tertiary/aromatic N) is 2. The highest BCUT2D eigenvalue weighted by Crippen LogP contribution is 2.37. The van der Waals surface area contributed by atoms with Crippen LogP contribution in [0, 0.1) is 0 Å². The Labute approximate surface area is 90.6 Å². The summed E-state index contributed by atoms with van der Waals surface area (Å²) in [5.74, 6) is 0.00345. The molecule has 0 spiro atoms. The van der Waals surface area contributed by atoms with Crippen molar-refractivity contribution in [1.29, 1.82) is 0 Å². The number of carbonyl (C=O) groups excluding carboxylic acids is 1. The van der Waals surface area contributed by atoms with E-state index < -0.39 is 5.54 Å². The average Bonchev–Trinajstić information content (AvgIpc) is 2.79. The third kappa shape index (κ3) is 1.40. The average molecular weight is 258 g/mol. The lowest BCUT2D eigenvalue weighted by Gasteiger charge is -2.09. The number of ketones is 1. The van der Waals surface area contributed by atoms with E-state index in [0.29, 0.717) is 12.2 Å². The van der Waals surface area contributed by atoms with Crippen molar-refractivity contribution in [3.8, 4) is 0 Å². The minimum Gasteiger partial charge on any atom is -0.319 e. The summed E-state index contributed by atoms with van der Waals surface area (Å²) < 4.78 is 2.42.